The summed E-state index contributed by atoms with van der Waals surface area (Å²) in [4.78, 5) is 0. The fraction of sp³-hybridized carbons (Fsp3) is 0.400. The average molecular weight is 280 g/mol. The Kier molecular flexibility index (Phi) is 5.30. The molecule has 0 aliphatic heterocycles. The molecule has 0 unspecified atom stereocenters. The summed E-state index contributed by atoms with van der Waals surface area (Å²) < 4.78 is 11.4. The van der Waals surface area contributed by atoms with E-state index in [4.69, 9.17) is 21.1 Å². The van der Waals surface area contributed by atoms with Crippen molar-refractivity contribution in [2.45, 2.75) is 5.88 Å². The third-order valence-corrected chi connectivity index (χ3v) is 2.64. The summed E-state index contributed by atoms with van der Waals surface area (Å²) in [5, 5.41) is 0. The molecule has 1 rings (SSSR count). The highest BCUT2D eigenvalue weighted by molar-refractivity contribution is 9.10. The number of hydrogen-bond acceptors (Lipinski definition) is 2. The number of alkyl halides is 1. The third-order valence-electron chi connectivity index (χ3n) is 1.73. The Morgan fingerprint density at radius 1 is 1.36 bits per heavy atom. The van der Waals surface area contributed by atoms with Crippen molar-refractivity contribution in [3.63, 3.8) is 0 Å². The van der Waals surface area contributed by atoms with Crippen LogP contribution in [0.3, 0.4) is 0 Å². The Balaban J connectivity index is 2.72. The summed E-state index contributed by atoms with van der Waals surface area (Å²) >= 11 is 9.20. The standard InChI is InChI=1S/C10H12BrClO2/c1-13-5-6-14-10-8(7-12)3-2-4-9(10)11/h2-4H,5-7H2,1H3. The molecule has 0 heterocycles. The molecule has 0 N–H and O–H groups in total. The van der Waals surface area contributed by atoms with Crippen molar-refractivity contribution in [2.75, 3.05) is 20.3 Å². The Bertz CT molecular complexity index is 291. The number of methoxy groups -OCH3 is 1. The summed E-state index contributed by atoms with van der Waals surface area (Å²) in [6.07, 6.45) is 0. The molecule has 4 heteroatoms. The molecular weight excluding hydrogens is 267 g/mol. The van der Waals surface area contributed by atoms with Crippen molar-refractivity contribution in [1.29, 1.82) is 0 Å². The van der Waals surface area contributed by atoms with Gasteiger partial charge in [0.2, 0.25) is 0 Å². The second-order valence-corrected chi connectivity index (χ2v) is 3.82. The molecule has 0 amide bonds. The molecule has 1 aromatic carbocycles. The quantitative estimate of drug-likeness (QED) is 0.609. The van der Waals surface area contributed by atoms with E-state index >= 15 is 0 Å². The molecule has 0 bridgehead atoms. The molecule has 1 aromatic rings. The number of para-hydroxylation sites is 1. The van der Waals surface area contributed by atoms with Crippen LogP contribution in [-0.2, 0) is 10.6 Å². The van der Waals surface area contributed by atoms with E-state index in [0.29, 0.717) is 19.1 Å². The van der Waals surface area contributed by atoms with Gasteiger partial charge in [0.1, 0.15) is 12.4 Å². The van der Waals surface area contributed by atoms with Gasteiger partial charge in [-0.2, -0.15) is 0 Å². The van der Waals surface area contributed by atoms with Crippen LogP contribution in [0.4, 0.5) is 0 Å². The van der Waals surface area contributed by atoms with E-state index in [2.05, 4.69) is 15.9 Å². The number of hydrogen-bond donors (Lipinski definition) is 0. The van der Waals surface area contributed by atoms with Gasteiger partial charge < -0.3 is 9.47 Å². The number of rotatable bonds is 5. The first-order valence-electron chi connectivity index (χ1n) is 4.24. The number of halogens is 2. The van der Waals surface area contributed by atoms with Crippen LogP contribution in [0.5, 0.6) is 5.75 Å². The molecule has 0 aromatic heterocycles. The molecule has 0 radical (unpaired) electrons. The summed E-state index contributed by atoms with van der Waals surface area (Å²) in [5.74, 6) is 1.25. The zero-order chi connectivity index (χ0) is 10.4. The SMILES string of the molecule is COCCOc1c(Br)cccc1CCl. The van der Waals surface area contributed by atoms with Gasteiger partial charge in [0.05, 0.1) is 17.0 Å². The smallest absolute Gasteiger partial charge is 0.137 e. The van der Waals surface area contributed by atoms with Gasteiger partial charge in [-0.3, -0.25) is 0 Å². The van der Waals surface area contributed by atoms with Gasteiger partial charge in [-0.05, 0) is 22.0 Å². The summed E-state index contributed by atoms with van der Waals surface area (Å²) in [6, 6.07) is 5.81. The van der Waals surface area contributed by atoms with E-state index in [0.717, 1.165) is 15.8 Å². The highest BCUT2D eigenvalue weighted by Gasteiger charge is 2.06. The van der Waals surface area contributed by atoms with Gasteiger partial charge in [0.15, 0.2) is 0 Å². The van der Waals surface area contributed by atoms with Crippen LogP contribution in [0, 0.1) is 0 Å². The van der Waals surface area contributed by atoms with Crippen molar-refractivity contribution < 1.29 is 9.47 Å². The average Bonchev–Trinajstić information content (AvgIpc) is 2.20. The van der Waals surface area contributed by atoms with Crippen molar-refractivity contribution in [3.05, 3.63) is 28.2 Å². The van der Waals surface area contributed by atoms with Crippen molar-refractivity contribution in [2.24, 2.45) is 0 Å². The zero-order valence-electron chi connectivity index (χ0n) is 7.93. The molecule has 14 heavy (non-hydrogen) atoms. The van der Waals surface area contributed by atoms with Crippen molar-refractivity contribution in [1.82, 2.24) is 0 Å². The lowest BCUT2D eigenvalue weighted by Gasteiger charge is -2.11. The third kappa shape index (κ3) is 3.15. The lowest BCUT2D eigenvalue weighted by molar-refractivity contribution is 0.145. The van der Waals surface area contributed by atoms with Crippen LogP contribution in [0.1, 0.15) is 5.56 Å². The monoisotopic (exact) mass is 278 g/mol. The largest absolute Gasteiger partial charge is 0.490 e. The van der Waals surface area contributed by atoms with Gasteiger partial charge in [-0.15, -0.1) is 11.6 Å². The fourth-order valence-electron chi connectivity index (χ4n) is 1.05. The Hall–Kier alpha value is -0.250. The van der Waals surface area contributed by atoms with E-state index < -0.39 is 0 Å². The van der Waals surface area contributed by atoms with E-state index in [1.165, 1.54) is 0 Å². The fourth-order valence-corrected chi connectivity index (χ4v) is 1.78. The molecule has 0 saturated heterocycles. The molecule has 0 spiro atoms. The first kappa shape index (κ1) is 11.8. The maximum Gasteiger partial charge on any atom is 0.137 e. The van der Waals surface area contributed by atoms with Crippen LogP contribution >= 0.6 is 27.5 Å². The number of ether oxygens (including phenoxy) is 2. The lowest BCUT2D eigenvalue weighted by Crippen LogP contribution is -2.06. The summed E-state index contributed by atoms with van der Waals surface area (Å²) in [7, 11) is 1.64. The van der Waals surface area contributed by atoms with E-state index in [1.807, 2.05) is 18.2 Å². The van der Waals surface area contributed by atoms with E-state index in [1.54, 1.807) is 7.11 Å². The maximum atomic E-state index is 5.78. The Labute approximate surface area is 97.3 Å². The molecule has 2 nitrogen and oxygen atoms in total. The van der Waals surface area contributed by atoms with Gasteiger partial charge in [0, 0.05) is 12.7 Å². The van der Waals surface area contributed by atoms with Crippen molar-refractivity contribution >= 4 is 27.5 Å². The molecule has 0 fully saturated rings. The van der Waals surface area contributed by atoms with Gasteiger partial charge in [-0.1, -0.05) is 12.1 Å². The van der Waals surface area contributed by atoms with Crippen molar-refractivity contribution in [3.8, 4) is 5.75 Å². The first-order chi connectivity index (χ1) is 6.79. The van der Waals surface area contributed by atoms with E-state index in [9.17, 15) is 0 Å². The summed E-state index contributed by atoms with van der Waals surface area (Å²) in [5.41, 5.74) is 0.983. The highest BCUT2D eigenvalue weighted by atomic mass is 79.9. The first-order valence-corrected chi connectivity index (χ1v) is 5.57. The van der Waals surface area contributed by atoms with Crippen LogP contribution < -0.4 is 4.74 Å². The van der Waals surface area contributed by atoms with Crippen LogP contribution in [0.25, 0.3) is 0 Å². The summed E-state index contributed by atoms with van der Waals surface area (Å²) in [6.45, 7) is 1.10. The minimum absolute atomic E-state index is 0.446. The van der Waals surface area contributed by atoms with Gasteiger partial charge in [-0.25, -0.2) is 0 Å². The Morgan fingerprint density at radius 3 is 2.79 bits per heavy atom. The predicted octanol–water partition coefficient (Wildman–Crippen LogP) is 3.21. The Morgan fingerprint density at radius 2 is 2.14 bits per heavy atom. The molecular formula is C10H12BrClO2. The molecule has 78 valence electrons. The topological polar surface area (TPSA) is 18.5 Å². The minimum Gasteiger partial charge on any atom is -0.490 e. The molecule has 0 aliphatic rings. The molecule has 0 aliphatic carbocycles. The lowest BCUT2D eigenvalue weighted by atomic mass is 10.2. The maximum absolute atomic E-state index is 5.78. The van der Waals surface area contributed by atoms with Gasteiger partial charge >= 0.3 is 0 Å². The second kappa shape index (κ2) is 6.27. The van der Waals surface area contributed by atoms with Gasteiger partial charge in [0.25, 0.3) is 0 Å². The normalized spacial score (nSPS) is 10.2. The highest BCUT2D eigenvalue weighted by Crippen LogP contribution is 2.29. The second-order valence-electron chi connectivity index (χ2n) is 2.70. The molecule has 0 atom stereocenters. The van der Waals surface area contributed by atoms with Crippen LogP contribution in [0.2, 0.25) is 0 Å². The minimum atomic E-state index is 0.446. The van der Waals surface area contributed by atoms with Crippen LogP contribution in [-0.4, -0.2) is 20.3 Å². The van der Waals surface area contributed by atoms with Crippen LogP contribution in [0.15, 0.2) is 22.7 Å². The predicted molar refractivity (Wildman–Crippen MR) is 61.1 cm³/mol. The molecule has 0 saturated carbocycles. The zero-order valence-corrected chi connectivity index (χ0v) is 10.3. The van der Waals surface area contributed by atoms with E-state index in [-0.39, 0.29) is 0 Å². The number of benzene rings is 1.